The molecule has 4 rings (SSSR count). The standard InChI is InChI=1S/C22H37N3O4S/c1-14-13-24(22(27)17-4-5-17)21-12-18(8-11-20(21)25(14)15(2)26)16-6-9-19(10-7-16)30(28,29)23-3/h14,16-21,23H,4-13H2,1-3H3/t14-,16?,18?,19?,20?,21?/m0/s1. The Hall–Kier alpha value is -1.15. The molecule has 4 fully saturated rings. The van der Waals surface area contributed by atoms with Crippen LogP contribution < -0.4 is 4.72 Å². The molecule has 0 radical (unpaired) electrons. The van der Waals surface area contributed by atoms with Crippen molar-refractivity contribution in [3.8, 4) is 0 Å². The summed E-state index contributed by atoms with van der Waals surface area (Å²) >= 11 is 0. The molecule has 1 heterocycles. The zero-order valence-corrected chi connectivity index (χ0v) is 19.4. The molecule has 30 heavy (non-hydrogen) atoms. The SMILES string of the molecule is CNS(=O)(=O)C1CCC(C2CCC3C(C2)N(C(=O)C2CC2)C[C@H](C)N3C(C)=O)CC1. The first-order chi connectivity index (χ1) is 14.2. The number of carbonyl (C=O) groups is 2. The lowest BCUT2D eigenvalue weighted by Crippen LogP contribution is -2.67. The number of nitrogens with zero attached hydrogens (tertiary/aromatic N) is 2. The van der Waals surface area contributed by atoms with Crippen molar-refractivity contribution in [2.45, 2.75) is 95.0 Å². The lowest BCUT2D eigenvalue weighted by molar-refractivity contribution is -0.155. The van der Waals surface area contributed by atoms with Gasteiger partial charge < -0.3 is 9.80 Å². The van der Waals surface area contributed by atoms with E-state index in [1.54, 1.807) is 6.92 Å². The maximum Gasteiger partial charge on any atom is 0.226 e. The van der Waals surface area contributed by atoms with E-state index in [1.165, 1.54) is 7.05 Å². The quantitative estimate of drug-likeness (QED) is 0.727. The van der Waals surface area contributed by atoms with Gasteiger partial charge >= 0.3 is 0 Å². The van der Waals surface area contributed by atoms with Gasteiger partial charge in [-0.25, -0.2) is 13.1 Å². The third-order valence-electron chi connectivity index (χ3n) is 8.20. The van der Waals surface area contributed by atoms with E-state index in [2.05, 4.69) is 16.5 Å². The number of fused-ring (bicyclic) bond motifs is 1. The van der Waals surface area contributed by atoms with Gasteiger partial charge in [0.05, 0.1) is 17.3 Å². The molecule has 0 aromatic heterocycles. The van der Waals surface area contributed by atoms with Crippen LogP contribution in [0.4, 0.5) is 0 Å². The Morgan fingerprint density at radius 3 is 2.10 bits per heavy atom. The highest BCUT2D eigenvalue weighted by Crippen LogP contribution is 2.44. The van der Waals surface area contributed by atoms with Gasteiger partial charge in [0.15, 0.2) is 0 Å². The molecular weight excluding hydrogens is 402 g/mol. The summed E-state index contributed by atoms with van der Waals surface area (Å²) in [5.41, 5.74) is 0. The summed E-state index contributed by atoms with van der Waals surface area (Å²) in [6.45, 7) is 4.37. The van der Waals surface area contributed by atoms with E-state index in [1.807, 2.05) is 4.90 Å². The van der Waals surface area contributed by atoms with Crippen LogP contribution in [0.3, 0.4) is 0 Å². The normalized spacial score (nSPS) is 37.6. The van der Waals surface area contributed by atoms with Gasteiger partial charge in [0.1, 0.15) is 0 Å². The minimum absolute atomic E-state index is 0.0742. The van der Waals surface area contributed by atoms with E-state index >= 15 is 0 Å². The second-order valence-corrected chi connectivity index (χ2v) is 12.2. The van der Waals surface area contributed by atoms with E-state index in [9.17, 15) is 18.0 Å². The van der Waals surface area contributed by atoms with Crippen LogP contribution in [-0.4, -0.2) is 67.0 Å². The highest BCUT2D eigenvalue weighted by atomic mass is 32.2. The van der Waals surface area contributed by atoms with Crippen LogP contribution in [0.25, 0.3) is 0 Å². The topological polar surface area (TPSA) is 86.8 Å². The van der Waals surface area contributed by atoms with Gasteiger partial charge in [-0.15, -0.1) is 0 Å². The average Bonchev–Trinajstić information content (AvgIpc) is 3.57. The molecule has 3 saturated carbocycles. The number of sulfonamides is 1. The number of amides is 2. The lowest BCUT2D eigenvalue weighted by atomic mass is 9.69. The molecule has 4 atom stereocenters. The van der Waals surface area contributed by atoms with Crippen LogP contribution in [0.15, 0.2) is 0 Å². The summed E-state index contributed by atoms with van der Waals surface area (Å²) < 4.78 is 26.8. The number of piperazine rings is 1. The zero-order valence-electron chi connectivity index (χ0n) is 18.5. The first-order valence-corrected chi connectivity index (χ1v) is 13.3. The molecule has 0 spiro atoms. The van der Waals surface area contributed by atoms with Crippen LogP contribution in [0.2, 0.25) is 0 Å². The second kappa shape index (κ2) is 8.41. The maximum absolute atomic E-state index is 13.1. The average molecular weight is 440 g/mol. The molecule has 3 unspecified atom stereocenters. The van der Waals surface area contributed by atoms with Crippen LogP contribution in [0.5, 0.6) is 0 Å². The van der Waals surface area contributed by atoms with Crippen LogP contribution >= 0.6 is 0 Å². The van der Waals surface area contributed by atoms with Gasteiger partial charge in [-0.1, -0.05) is 0 Å². The highest BCUT2D eigenvalue weighted by molar-refractivity contribution is 7.90. The van der Waals surface area contributed by atoms with Crippen molar-refractivity contribution >= 4 is 21.8 Å². The third-order valence-corrected chi connectivity index (χ3v) is 10.1. The molecule has 1 saturated heterocycles. The Labute approximate surface area is 181 Å². The molecule has 170 valence electrons. The van der Waals surface area contributed by atoms with Crippen LogP contribution in [0, 0.1) is 17.8 Å². The van der Waals surface area contributed by atoms with E-state index in [0.717, 1.165) is 57.8 Å². The van der Waals surface area contributed by atoms with Gasteiger partial charge in [0, 0.05) is 25.4 Å². The van der Waals surface area contributed by atoms with Gasteiger partial charge in [-0.3, -0.25) is 9.59 Å². The number of hydrogen-bond acceptors (Lipinski definition) is 4. The Balaban J connectivity index is 1.47. The monoisotopic (exact) mass is 439 g/mol. The van der Waals surface area contributed by atoms with Gasteiger partial charge in [-0.05, 0) is 83.6 Å². The number of rotatable bonds is 4. The van der Waals surface area contributed by atoms with Crippen molar-refractivity contribution in [3.63, 3.8) is 0 Å². The Kier molecular flexibility index (Phi) is 6.19. The highest BCUT2D eigenvalue weighted by Gasteiger charge is 2.49. The van der Waals surface area contributed by atoms with E-state index in [4.69, 9.17) is 0 Å². The second-order valence-electron chi connectivity index (χ2n) is 10.0. The summed E-state index contributed by atoms with van der Waals surface area (Å²) in [4.78, 5) is 29.6. The van der Waals surface area contributed by atoms with Gasteiger partial charge in [0.25, 0.3) is 0 Å². The smallest absolute Gasteiger partial charge is 0.226 e. The summed E-state index contributed by atoms with van der Waals surface area (Å²) in [6, 6.07) is 0.326. The zero-order chi connectivity index (χ0) is 21.6. The number of hydrogen-bond donors (Lipinski definition) is 1. The number of carbonyl (C=O) groups excluding carboxylic acids is 2. The fourth-order valence-corrected chi connectivity index (χ4v) is 7.71. The van der Waals surface area contributed by atoms with E-state index in [0.29, 0.717) is 24.3 Å². The van der Waals surface area contributed by atoms with Crippen molar-refractivity contribution in [1.82, 2.24) is 14.5 Å². The molecule has 7 nitrogen and oxygen atoms in total. The Morgan fingerprint density at radius 2 is 1.53 bits per heavy atom. The lowest BCUT2D eigenvalue weighted by Gasteiger charge is -2.55. The molecule has 4 aliphatic rings. The first kappa shape index (κ1) is 22.1. The van der Waals surface area contributed by atoms with Crippen molar-refractivity contribution in [1.29, 1.82) is 0 Å². The maximum atomic E-state index is 13.1. The molecule has 0 aromatic rings. The largest absolute Gasteiger partial charge is 0.335 e. The van der Waals surface area contributed by atoms with E-state index < -0.39 is 10.0 Å². The molecular formula is C22H37N3O4S. The summed E-state index contributed by atoms with van der Waals surface area (Å²) in [6.07, 6.45) is 8.30. The van der Waals surface area contributed by atoms with E-state index in [-0.39, 0.29) is 35.2 Å². The minimum Gasteiger partial charge on any atom is -0.335 e. The van der Waals surface area contributed by atoms with Gasteiger partial charge in [0.2, 0.25) is 21.8 Å². The molecule has 2 amide bonds. The first-order valence-electron chi connectivity index (χ1n) is 11.7. The van der Waals surface area contributed by atoms with Crippen molar-refractivity contribution in [3.05, 3.63) is 0 Å². The minimum atomic E-state index is -3.19. The van der Waals surface area contributed by atoms with Crippen molar-refractivity contribution < 1.29 is 18.0 Å². The van der Waals surface area contributed by atoms with Crippen molar-refractivity contribution in [2.24, 2.45) is 17.8 Å². The van der Waals surface area contributed by atoms with Crippen LogP contribution in [-0.2, 0) is 19.6 Å². The fraction of sp³-hybridized carbons (Fsp3) is 0.909. The van der Waals surface area contributed by atoms with Crippen molar-refractivity contribution in [2.75, 3.05) is 13.6 Å². The summed E-state index contributed by atoms with van der Waals surface area (Å²) in [5, 5.41) is -0.272. The predicted octanol–water partition coefficient (Wildman–Crippen LogP) is 2.12. The molecule has 0 bridgehead atoms. The Bertz CT molecular complexity index is 773. The molecule has 0 aromatic carbocycles. The predicted molar refractivity (Wildman–Crippen MR) is 115 cm³/mol. The molecule has 1 N–H and O–H groups in total. The molecule has 3 aliphatic carbocycles. The van der Waals surface area contributed by atoms with Gasteiger partial charge in [-0.2, -0.15) is 0 Å². The summed E-state index contributed by atoms with van der Waals surface area (Å²) in [7, 11) is -1.69. The summed E-state index contributed by atoms with van der Waals surface area (Å²) in [5.74, 6) is 1.65. The van der Waals surface area contributed by atoms with Crippen LogP contribution in [0.1, 0.15) is 71.6 Å². The molecule has 1 aliphatic heterocycles. The molecule has 8 heteroatoms. The Morgan fingerprint density at radius 1 is 0.900 bits per heavy atom. The number of nitrogens with one attached hydrogen (secondary N) is 1. The fourth-order valence-electron chi connectivity index (χ4n) is 6.48. The third kappa shape index (κ3) is 4.14.